The van der Waals surface area contributed by atoms with Crippen LogP contribution in [0, 0.1) is 0 Å². The molecule has 0 aromatic heterocycles. The lowest BCUT2D eigenvalue weighted by Gasteiger charge is -2.09. The number of sulfone groups is 1. The van der Waals surface area contributed by atoms with E-state index in [1.54, 1.807) is 0 Å². The number of carbonyl (C=O) groups excluding carboxylic acids is 1. The van der Waals surface area contributed by atoms with Crippen molar-refractivity contribution in [3.63, 3.8) is 0 Å². The van der Waals surface area contributed by atoms with E-state index in [9.17, 15) is 35.2 Å². The van der Waals surface area contributed by atoms with Gasteiger partial charge >= 0.3 is 12.1 Å². The smallest absolute Gasteiger partial charge is 0.435 e. The van der Waals surface area contributed by atoms with Crippen LogP contribution in [0.2, 0.25) is 0 Å². The van der Waals surface area contributed by atoms with Crippen molar-refractivity contribution in [1.29, 1.82) is 0 Å². The lowest BCUT2D eigenvalue weighted by atomic mass is 10.2. The number of halogens is 5. The molecule has 27 heavy (non-hydrogen) atoms. The highest BCUT2D eigenvalue weighted by Crippen LogP contribution is 2.30. The van der Waals surface area contributed by atoms with Gasteiger partial charge in [0.2, 0.25) is 0 Å². The lowest BCUT2D eigenvalue weighted by Crippen LogP contribution is -2.24. The number of hydrogen-bond donors (Lipinski definition) is 1. The molecule has 0 unspecified atom stereocenters. The fraction of sp³-hybridized carbons (Fsp3) is 0.188. The predicted molar refractivity (Wildman–Crippen MR) is 83.9 cm³/mol. The van der Waals surface area contributed by atoms with Gasteiger partial charge in [0.25, 0.3) is 15.7 Å². The Balaban J connectivity index is 2.00. The zero-order valence-corrected chi connectivity index (χ0v) is 14.2. The molecule has 0 saturated carbocycles. The molecule has 2 aromatic rings. The van der Waals surface area contributed by atoms with Gasteiger partial charge in [-0.05, 0) is 42.0 Å². The summed E-state index contributed by atoms with van der Waals surface area (Å²) in [5.74, 6) is -0.708. The molecule has 0 heterocycles. The molecule has 0 atom stereocenters. The first-order valence-corrected chi connectivity index (χ1v) is 8.72. The molecule has 1 N–H and O–H groups in total. The molecule has 0 aliphatic carbocycles. The summed E-state index contributed by atoms with van der Waals surface area (Å²) < 4.78 is 88.2. The lowest BCUT2D eigenvalue weighted by molar-refractivity contribution is -0.0499. The van der Waals surface area contributed by atoms with Crippen LogP contribution in [-0.4, -0.2) is 26.4 Å². The van der Waals surface area contributed by atoms with Crippen molar-refractivity contribution >= 4 is 15.7 Å². The Morgan fingerprint density at radius 2 is 1.56 bits per heavy atom. The van der Waals surface area contributed by atoms with Gasteiger partial charge in [-0.25, -0.2) is 8.42 Å². The second-order valence-electron chi connectivity index (χ2n) is 5.18. The minimum Gasteiger partial charge on any atom is -0.435 e. The monoisotopic (exact) mass is 409 g/mol. The zero-order chi connectivity index (χ0) is 20.2. The van der Waals surface area contributed by atoms with Crippen molar-refractivity contribution in [1.82, 2.24) is 5.32 Å². The predicted octanol–water partition coefficient (Wildman–Crippen LogP) is 3.51. The Morgan fingerprint density at radius 3 is 2.04 bits per heavy atom. The van der Waals surface area contributed by atoms with Gasteiger partial charge in [-0.2, -0.15) is 22.0 Å². The van der Waals surface area contributed by atoms with Crippen molar-refractivity contribution in [2.24, 2.45) is 0 Å². The molecule has 0 spiro atoms. The van der Waals surface area contributed by atoms with Gasteiger partial charge < -0.3 is 10.1 Å². The minimum atomic E-state index is -5.48. The van der Waals surface area contributed by atoms with Crippen LogP contribution < -0.4 is 10.1 Å². The van der Waals surface area contributed by atoms with E-state index >= 15 is 0 Å². The fourth-order valence-corrected chi connectivity index (χ4v) is 2.75. The molecule has 0 saturated heterocycles. The van der Waals surface area contributed by atoms with E-state index in [2.05, 4.69) is 10.1 Å². The van der Waals surface area contributed by atoms with Gasteiger partial charge in [0, 0.05) is 12.1 Å². The maximum absolute atomic E-state index is 12.5. The van der Waals surface area contributed by atoms with Crippen molar-refractivity contribution in [2.45, 2.75) is 23.6 Å². The molecule has 0 radical (unpaired) electrons. The van der Waals surface area contributed by atoms with Gasteiger partial charge in [0.15, 0.2) is 0 Å². The van der Waals surface area contributed by atoms with Crippen LogP contribution in [0.3, 0.4) is 0 Å². The molecule has 0 bridgehead atoms. The first-order chi connectivity index (χ1) is 12.5. The number of rotatable bonds is 6. The fourth-order valence-electron chi connectivity index (χ4n) is 1.99. The second-order valence-corrected chi connectivity index (χ2v) is 7.12. The van der Waals surface area contributed by atoms with Gasteiger partial charge in [0.05, 0.1) is 4.90 Å². The van der Waals surface area contributed by atoms with Crippen LogP contribution in [0.4, 0.5) is 22.0 Å². The number of nitrogens with one attached hydrogen (secondary N) is 1. The SMILES string of the molecule is O=C(NCc1ccc(OC(F)F)cc1)c1ccc(S(=O)(=O)C(F)(F)F)cc1. The molecule has 0 aliphatic rings. The molecule has 11 heteroatoms. The quantitative estimate of drug-likeness (QED) is 0.742. The van der Waals surface area contributed by atoms with Gasteiger partial charge in [-0.15, -0.1) is 0 Å². The third-order valence-corrected chi connectivity index (χ3v) is 4.84. The Hall–Kier alpha value is -2.69. The molecular formula is C16H12F5NO4S. The standard InChI is InChI=1S/C16H12F5NO4S/c17-15(18)26-12-5-1-10(2-6-12)9-22-14(23)11-3-7-13(8-4-11)27(24,25)16(19,20)21/h1-8,15H,9H2,(H,22,23). The van der Waals surface area contributed by atoms with Crippen molar-refractivity contribution < 1.29 is 39.9 Å². The number of hydrogen-bond acceptors (Lipinski definition) is 4. The number of ether oxygens (including phenoxy) is 1. The van der Waals surface area contributed by atoms with E-state index in [0.29, 0.717) is 17.7 Å². The first kappa shape index (κ1) is 20.6. The Morgan fingerprint density at radius 1 is 1.00 bits per heavy atom. The topological polar surface area (TPSA) is 72.5 Å². The van der Waals surface area contributed by atoms with E-state index in [1.807, 2.05) is 0 Å². The van der Waals surface area contributed by atoms with Crippen LogP contribution in [-0.2, 0) is 16.4 Å². The summed E-state index contributed by atoms with van der Waals surface area (Å²) in [6.45, 7) is -2.95. The van der Waals surface area contributed by atoms with Crippen LogP contribution in [0.5, 0.6) is 5.75 Å². The summed E-state index contributed by atoms with van der Waals surface area (Å²) in [6.07, 6.45) is 0. The normalized spacial score (nSPS) is 12.1. The van der Waals surface area contributed by atoms with Crippen LogP contribution in [0.25, 0.3) is 0 Å². The Labute approximate surface area is 150 Å². The summed E-state index contributed by atoms with van der Waals surface area (Å²) in [5, 5.41) is 2.46. The molecule has 0 aliphatic heterocycles. The minimum absolute atomic E-state index is 0.0103. The van der Waals surface area contributed by atoms with E-state index in [0.717, 1.165) is 12.1 Å². The summed E-state index contributed by atoms with van der Waals surface area (Å²) in [4.78, 5) is 11.0. The van der Waals surface area contributed by atoms with Crippen molar-refractivity contribution in [3.8, 4) is 5.75 Å². The highest BCUT2D eigenvalue weighted by molar-refractivity contribution is 7.92. The third kappa shape index (κ3) is 5.16. The van der Waals surface area contributed by atoms with E-state index in [-0.39, 0.29) is 17.9 Å². The molecule has 2 aromatic carbocycles. The van der Waals surface area contributed by atoms with E-state index in [1.165, 1.54) is 24.3 Å². The Kier molecular flexibility index (Phi) is 6.04. The van der Waals surface area contributed by atoms with Crippen LogP contribution >= 0.6 is 0 Å². The summed E-state index contributed by atoms with van der Waals surface area (Å²) in [7, 11) is -5.48. The average Bonchev–Trinajstić information content (AvgIpc) is 2.59. The van der Waals surface area contributed by atoms with Crippen molar-refractivity contribution in [3.05, 3.63) is 59.7 Å². The Bertz CT molecular complexity index is 894. The number of amides is 1. The molecule has 5 nitrogen and oxygen atoms in total. The number of carbonyl (C=O) groups is 1. The molecule has 1 amide bonds. The van der Waals surface area contributed by atoms with Crippen LogP contribution in [0.15, 0.2) is 53.4 Å². The van der Waals surface area contributed by atoms with Gasteiger partial charge in [-0.3, -0.25) is 4.79 Å². The molecular weight excluding hydrogens is 397 g/mol. The van der Waals surface area contributed by atoms with Gasteiger partial charge in [-0.1, -0.05) is 12.1 Å². The number of alkyl halides is 5. The third-order valence-electron chi connectivity index (χ3n) is 3.33. The molecule has 146 valence electrons. The highest BCUT2D eigenvalue weighted by Gasteiger charge is 2.46. The summed E-state index contributed by atoms with van der Waals surface area (Å²) in [6, 6.07) is 8.73. The molecule has 0 fully saturated rings. The second kappa shape index (κ2) is 7.91. The van der Waals surface area contributed by atoms with Gasteiger partial charge in [0.1, 0.15) is 5.75 Å². The largest absolute Gasteiger partial charge is 0.501 e. The number of benzene rings is 2. The van der Waals surface area contributed by atoms with Crippen molar-refractivity contribution in [2.75, 3.05) is 0 Å². The zero-order valence-electron chi connectivity index (χ0n) is 13.3. The highest BCUT2D eigenvalue weighted by atomic mass is 32.2. The maximum atomic E-state index is 12.5. The van der Waals surface area contributed by atoms with E-state index in [4.69, 9.17) is 0 Å². The first-order valence-electron chi connectivity index (χ1n) is 7.24. The summed E-state index contributed by atoms with van der Waals surface area (Å²) in [5.41, 5.74) is -4.92. The van der Waals surface area contributed by atoms with Crippen LogP contribution in [0.1, 0.15) is 15.9 Å². The van der Waals surface area contributed by atoms with E-state index < -0.39 is 32.8 Å². The average molecular weight is 409 g/mol. The maximum Gasteiger partial charge on any atom is 0.501 e. The molecule has 2 rings (SSSR count). The summed E-state index contributed by atoms with van der Waals surface area (Å²) >= 11 is 0.